The topological polar surface area (TPSA) is 65.4 Å². The SMILES string of the molecule is NC(=O)N1CCCN(c2ccccc2)CC1c1c[nH]c2ccccc12. The number of fused-ring (bicyclic) bond motifs is 1. The van der Waals surface area contributed by atoms with Crippen molar-refractivity contribution < 1.29 is 4.79 Å². The van der Waals surface area contributed by atoms with E-state index >= 15 is 0 Å². The average Bonchev–Trinajstić information content (AvgIpc) is 2.94. The summed E-state index contributed by atoms with van der Waals surface area (Å²) >= 11 is 0. The number of nitrogens with two attached hydrogens (primary N) is 1. The van der Waals surface area contributed by atoms with Crippen molar-refractivity contribution in [3.05, 3.63) is 66.4 Å². The number of nitrogens with one attached hydrogen (secondary N) is 1. The van der Waals surface area contributed by atoms with Gasteiger partial charge in [0.15, 0.2) is 0 Å². The Balaban J connectivity index is 1.75. The molecule has 0 spiro atoms. The zero-order valence-corrected chi connectivity index (χ0v) is 14.1. The normalized spacial score (nSPS) is 18.3. The summed E-state index contributed by atoms with van der Waals surface area (Å²) in [5, 5.41) is 1.15. The number of amides is 2. The largest absolute Gasteiger partial charge is 0.369 e. The third-order valence-electron chi connectivity index (χ3n) is 4.98. The van der Waals surface area contributed by atoms with Gasteiger partial charge in [0, 0.05) is 48.0 Å². The van der Waals surface area contributed by atoms with E-state index in [1.165, 1.54) is 5.69 Å². The summed E-state index contributed by atoms with van der Waals surface area (Å²) in [6.07, 6.45) is 2.91. The number of anilines is 1. The van der Waals surface area contributed by atoms with E-state index in [2.05, 4.69) is 34.1 Å². The maximum Gasteiger partial charge on any atom is 0.315 e. The predicted octanol–water partition coefficient (Wildman–Crippen LogP) is 3.50. The number of carbonyl (C=O) groups excluding carboxylic acids is 1. The third kappa shape index (κ3) is 2.93. The zero-order valence-electron chi connectivity index (χ0n) is 14.1. The first-order valence-corrected chi connectivity index (χ1v) is 8.66. The Bertz CT molecular complexity index is 874. The minimum atomic E-state index is -0.356. The van der Waals surface area contributed by atoms with Crippen LogP contribution in [0, 0.1) is 0 Å². The molecule has 2 heterocycles. The van der Waals surface area contributed by atoms with E-state index in [0.29, 0.717) is 6.54 Å². The standard InChI is InChI=1S/C20H22N4O/c21-20(25)24-12-6-11-23(15-7-2-1-3-8-15)14-19(24)17-13-22-18-10-5-4-9-16(17)18/h1-5,7-10,13,19,22H,6,11-12,14H2,(H2,21,25). The highest BCUT2D eigenvalue weighted by Crippen LogP contribution is 2.32. The second kappa shape index (κ2) is 6.51. The Kier molecular flexibility index (Phi) is 4.06. The summed E-state index contributed by atoms with van der Waals surface area (Å²) < 4.78 is 0. The molecule has 4 rings (SSSR count). The molecule has 3 N–H and O–H groups in total. The number of carbonyl (C=O) groups is 1. The van der Waals surface area contributed by atoms with Crippen LogP contribution in [0.2, 0.25) is 0 Å². The Hall–Kier alpha value is -2.95. The highest BCUT2D eigenvalue weighted by molar-refractivity contribution is 5.84. The predicted molar refractivity (Wildman–Crippen MR) is 101 cm³/mol. The molecule has 0 aliphatic carbocycles. The summed E-state index contributed by atoms with van der Waals surface area (Å²) in [7, 11) is 0. The first-order chi connectivity index (χ1) is 12.2. The number of H-pyrrole nitrogens is 1. The maximum absolute atomic E-state index is 12.1. The van der Waals surface area contributed by atoms with Gasteiger partial charge < -0.3 is 20.5 Å². The summed E-state index contributed by atoms with van der Waals surface area (Å²) in [6.45, 7) is 2.31. The van der Waals surface area contributed by atoms with E-state index in [9.17, 15) is 4.79 Å². The second-order valence-corrected chi connectivity index (χ2v) is 6.47. The molecule has 1 aromatic heterocycles. The van der Waals surface area contributed by atoms with Gasteiger partial charge >= 0.3 is 6.03 Å². The van der Waals surface area contributed by atoms with Gasteiger partial charge in [0.05, 0.1) is 6.04 Å². The van der Waals surface area contributed by atoms with Gasteiger partial charge in [0.25, 0.3) is 0 Å². The molecule has 5 heteroatoms. The van der Waals surface area contributed by atoms with E-state index < -0.39 is 0 Å². The molecule has 0 bridgehead atoms. The van der Waals surface area contributed by atoms with Crippen molar-refractivity contribution in [3.8, 4) is 0 Å². The van der Waals surface area contributed by atoms with Gasteiger partial charge in [0.2, 0.25) is 0 Å². The molecule has 25 heavy (non-hydrogen) atoms. The van der Waals surface area contributed by atoms with Gasteiger partial charge in [-0.2, -0.15) is 0 Å². The summed E-state index contributed by atoms with van der Waals surface area (Å²) in [6, 6.07) is 18.1. The fraction of sp³-hybridized carbons (Fsp3) is 0.250. The molecule has 3 aromatic rings. The van der Waals surface area contributed by atoms with Crippen LogP contribution in [0.3, 0.4) is 0 Å². The highest BCUT2D eigenvalue weighted by Gasteiger charge is 2.30. The number of benzene rings is 2. The van der Waals surface area contributed by atoms with Crippen molar-refractivity contribution >= 4 is 22.6 Å². The smallest absolute Gasteiger partial charge is 0.315 e. The van der Waals surface area contributed by atoms with Crippen molar-refractivity contribution in [1.29, 1.82) is 0 Å². The molecule has 0 saturated carbocycles. The van der Waals surface area contributed by atoms with Crippen LogP contribution in [0.15, 0.2) is 60.8 Å². The Morgan fingerprint density at radius 1 is 1.04 bits per heavy atom. The van der Waals surface area contributed by atoms with Crippen molar-refractivity contribution in [3.63, 3.8) is 0 Å². The quantitative estimate of drug-likeness (QED) is 0.753. The number of nitrogens with zero attached hydrogens (tertiary/aromatic N) is 2. The number of hydrogen-bond acceptors (Lipinski definition) is 2. The van der Waals surface area contributed by atoms with E-state index in [1.54, 1.807) is 4.90 Å². The van der Waals surface area contributed by atoms with Gasteiger partial charge in [-0.1, -0.05) is 36.4 Å². The monoisotopic (exact) mass is 334 g/mol. The lowest BCUT2D eigenvalue weighted by Crippen LogP contribution is -2.41. The van der Waals surface area contributed by atoms with Gasteiger partial charge in [-0.15, -0.1) is 0 Å². The van der Waals surface area contributed by atoms with Gasteiger partial charge in [0.1, 0.15) is 0 Å². The van der Waals surface area contributed by atoms with Crippen LogP contribution in [0.25, 0.3) is 10.9 Å². The van der Waals surface area contributed by atoms with E-state index in [1.807, 2.05) is 36.5 Å². The molecule has 128 valence electrons. The maximum atomic E-state index is 12.1. The number of para-hydroxylation sites is 2. The van der Waals surface area contributed by atoms with Crippen LogP contribution in [0.4, 0.5) is 10.5 Å². The molecule has 1 atom stereocenters. The number of urea groups is 1. The van der Waals surface area contributed by atoms with Crippen LogP contribution < -0.4 is 10.6 Å². The molecule has 2 aromatic carbocycles. The highest BCUT2D eigenvalue weighted by atomic mass is 16.2. The summed E-state index contributed by atoms with van der Waals surface area (Å²) in [4.78, 5) is 19.6. The van der Waals surface area contributed by atoms with Gasteiger partial charge in [-0.3, -0.25) is 0 Å². The molecule has 2 amide bonds. The Morgan fingerprint density at radius 3 is 2.60 bits per heavy atom. The average molecular weight is 334 g/mol. The zero-order chi connectivity index (χ0) is 17.2. The lowest BCUT2D eigenvalue weighted by molar-refractivity contribution is 0.190. The van der Waals surface area contributed by atoms with Crippen LogP contribution >= 0.6 is 0 Å². The molecule has 1 saturated heterocycles. The van der Waals surface area contributed by atoms with Gasteiger partial charge in [-0.25, -0.2) is 4.79 Å². The van der Waals surface area contributed by atoms with Crippen molar-refractivity contribution in [1.82, 2.24) is 9.88 Å². The minimum Gasteiger partial charge on any atom is -0.369 e. The van der Waals surface area contributed by atoms with E-state index in [-0.39, 0.29) is 12.1 Å². The molecule has 1 aliphatic heterocycles. The lowest BCUT2D eigenvalue weighted by atomic mass is 10.0. The fourth-order valence-corrected chi connectivity index (χ4v) is 3.76. The number of rotatable bonds is 2. The van der Waals surface area contributed by atoms with Crippen LogP contribution in [-0.4, -0.2) is 35.5 Å². The molecular formula is C20H22N4O. The van der Waals surface area contributed by atoms with Gasteiger partial charge in [-0.05, 0) is 24.6 Å². The molecule has 0 radical (unpaired) electrons. The molecule has 1 aliphatic rings. The number of primary amides is 1. The van der Waals surface area contributed by atoms with E-state index in [4.69, 9.17) is 5.73 Å². The van der Waals surface area contributed by atoms with Crippen molar-refractivity contribution in [2.45, 2.75) is 12.5 Å². The first kappa shape index (κ1) is 15.6. The summed E-state index contributed by atoms with van der Waals surface area (Å²) in [5.74, 6) is 0. The van der Waals surface area contributed by atoms with E-state index in [0.717, 1.165) is 36.0 Å². The minimum absolute atomic E-state index is 0.0728. The Morgan fingerprint density at radius 2 is 1.80 bits per heavy atom. The second-order valence-electron chi connectivity index (χ2n) is 6.47. The van der Waals surface area contributed by atoms with Crippen molar-refractivity contribution in [2.75, 3.05) is 24.5 Å². The molecule has 5 nitrogen and oxygen atoms in total. The fourth-order valence-electron chi connectivity index (χ4n) is 3.76. The number of hydrogen-bond donors (Lipinski definition) is 2. The van der Waals surface area contributed by atoms with Crippen molar-refractivity contribution in [2.24, 2.45) is 5.73 Å². The van der Waals surface area contributed by atoms with Crippen LogP contribution in [0.1, 0.15) is 18.0 Å². The molecule has 1 fully saturated rings. The Labute approximate surface area is 147 Å². The van der Waals surface area contributed by atoms with Crippen LogP contribution in [0.5, 0.6) is 0 Å². The number of aromatic nitrogens is 1. The number of aromatic amines is 1. The first-order valence-electron chi connectivity index (χ1n) is 8.66. The molecule has 1 unspecified atom stereocenters. The molecular weight excluding hydrogens is 312 g/mol. The summed E-state index contributed by atoms with van der Waals surface area (Å²) in [5.41, 5.74) is 9.10. The third-order valence-corrected chi connectivity index (χ3v) is 4.98. The lowest BCUT2D eigenvalue weighted by Gasteiger charge is -2.31. The van der Waals surface area contributed by atoms with Crippen LogP contribution in [-0.2, 0) is 0 Å².